The van der Waals surface area contributed by atoms with E-state index < -0.39 is 0 Å². The predicted molar refractivity (Wildman–Crippen MR) is 55.9 cm³/mol. The smallest absolute Gasteiger partial charge is 0.0180 e. The molecule has 0 heterocycles. The van der Waals surface area contributed by atoms with Gasteiger partial charge >= 0.3 is 0 Å². The quantitative estimate of drug-likeness (QED) is 0.619. The average Bonchev–Trinajstić information content (AvgIpc) is 2.12. The van der Waals surface area contributed by atoms with Crippen LogP contribution in [0, 0.1) is 0 Å². The molecule has 0 aromatic heterocycles. The van der Waals surface area contributed by atoms with Crippen LogP contribution >= 0.6 is 0 Å². The van der Waals surface area contributed by atoms with E-state index in [-0.39, 0.29) is 0 Å². The first-order chi connectivity index (χ1) is 5.79. The van der Waals surface area contributed by atoms with Crippen LogP contribution in [0.25, 0.3) is 0 Å². The van der Waals surface area contributed by atoms with E-state index in [4.69, 9.17) is 5.73 Å². The first kappa shape index (κ1) is 10.9. The van der Waals surface area contributed by atoms with Crippen LogP contribution in [-0.2, 0) is 0 Å². The van der Waals surface area contributed by atoms with Gasteiger partial charge < -0.3 is 5.73 Å². The second-order valence-corrected chi connectivity index (χ2v) is 2.41. The van der Waals surface area contributed by atoms with E-state index >= 15 is 0 Å². The molecule has 0 amide bonds. The Labute approximate surface area is 75.0 Å². The molecule has 0 atom stereocenters. The summed E-state index contributed by atoms with van der Waals surface area (Å²) >= 11 is 0. The summed E-state index contributed by atoms with van der Waals surface area (Å²) in [5.41, 5.74) is 7.91. The summed E-state index contributed by atoms with van der Waals surface area (Å²) in [5, 5.41) is 0. The molecule has 0 fully saturated rings. The monoisotopic (exact) mass is 163 g/mol. The molecule has 0 rings (SSSR count). The number of hydrogen-bond acceptors (Lipinski definition) is 1. The van der Waals surface area contributed by atoms with E-state index in [1.54, 1.807) is 6.08 Å². The second kappa shape index (κ2) is 6.62. The molecule has 0 aliphatic rings. The summed E-state index contributed by atoms with van der Waals surface area (Å²) in [4.78, 5) is 0. The predicted octanol–water partition coefficient (Wildman–Crippen LogP) is 2.58. The largest absolute Gasteiger partial charge is 0.326 e. The molecule has 1 nitrogen and oxygen atoms in total. The van der Waals surface area contributed by atoms with Gasteiger partial charge in [-0.25, -0.2) is 0 Å². The van der Waals surface area contributed by atoms with E-state index in [2.05, 4.69) is 20.1 Å². The van der Waals surface area contributed by atoms with Crippen molar-refractivity contribution >= 4 is 0 Å². The van der Waals surface area contributed by atoms with Crippen molar-refractivity contribution in [3.05, 3.63) is 48.6 Å². The molecule has 66 valence electrons. The van der Waals surface area contributed by atoms with Gasteiger partial charge in [0.1, 0.15) is 0 Å². The summed E-state index contributed by atoms with van der Waals surface area (Å²) in [6.45, 7) is 9.98. The van der Waals surface area contributed by atoms with Crippen LogP contribution in [0.3, 0.4) is 0 Å². The SMILES string of the molecule is C=C/C=C/C(CN)=C(\C=C)CC. The summed E-state index contributed by atoms with van der Waals surface area (Å²) in [6.07, 6.45) is 8.44. The van der Waals surface area contributed by atoms with E-state index in [0.29, 0.717) is 6.54 Å². The average molecular weight is 163 g/mol. The molecule has 0 spiro atoms. The molecular weight excluding hydrogens is 146 g/mol. The highest BCUT2D eigenvalue weighted by atomic mass is 14.5. The van der Waals surface area contributed by atoms with Crippen molar-refractivity contribution in [2.24, 2.45) is 5.73 Å². The Hall–Kier alpha value is -1.08. The standard InChI is InChI=1S/C11H17N/c1-4-7-8-11(9-12)10(5-2)6-3/h4-5,7-8H,1-2,6,9,12H2,3H3/b8-7+,11-10-. The third kappa shape index (κ3) is 3.35. The van der Waals surface area contributed by atoms with Crippen molar-refractivity contribution in [3.63, 3.8) is 0 Å². The highest BCUT2D eigenvalue weighted by Gasteiger charge is 1.94. The summed E-state index contributed by atoms with van der Waals surface area (Å²) < 4.78 is 0. The van der Waals surface area contributed by atoms with Gasteiger partial charge in [0.2, 0.25) is 0 Å². The molecule has 0 aliphatic carbocycles. The van der Waals surface area contributed by atoms with Crippen molar-refractivity contribution < 1.29 is 0 Å². The number of nitrogens with two attached hydrogens (primary N) is 1. The Morgan fingerprint density at radius 3 is 2.33 bits per heavy atom. The fourth-order valence-corrected chi connectivity index (χ4v) is 0.993. The molecule has 1 heteroatoms. The molecule has 0 unspecified atom stereocenters. The molecule has 0 radical (unpaired) electrons. The lowest BCUT2D eigenvalue weighted by atomic mass is 10.1. The molecule has 0 aromatic carbocycles. The Kier molecular flexibility index (Phi) is 6.02. The highest BCUT2D eigenvalue weighted by Crippen LogP contribution is 2.09. The molecule has 0 saturated heterocycles. The van der Waals surface area contributed by atoms with Gasteiger partial charge in [0.15, 0.2) is 0 Å². The van der Waals surface area contributed by atoms with E-state index in [1.807, 2.05) is 18.2 Å². The van der Waals surface area contributed by atoms with E-state index in [0.717, 1.165) is 12.0 Å². The zero-order valence-electron chi connectivity index (χ0n) is 7.72. The van der Waals surface area contributed by atoms with Gasteiger partial charge in [-0.2, -0.15) is 0 Å². The molecule has 2 N–H and O–H groups in total. The Balaban J connectivity index is 4.67. The van der Waals surface area contributed by atoms with Crippen LogP contribution < -0.4 is 5.73 Å². The van der Waals surface area contributed by atoms with Gasteiger partial charge in [-0.15, -0.1) is 0 Å². The Morgan fingerprint density at radius 1 is 1.33 bits per heavy atom. The molecule has 0 aliphatic heterocycles. The lowest BCUT2D eigenvalue weighted by Gasteiger charge is -2.03. The Morgan fingerprint density at radius 2 is 2.00 bits per heavy atom. The lowest BCUT2D eigenvalue weighted by Crippen LogP contribution is -2.03. The maximum Gasteiger partial charge on any atom is 0.0180 e. The molecule has 0 aromatic rings. The van der Waals surface area contributed by atoms with E-state index in [9.17, 15) is 0 Å². The van der Waals surface area contributed by atoms with Gasteiger partial charge in [0, 0.05) is 6.54 Å². The second-order valence-electron chi connectivity index (χ2n) is 2.41. The zero-order chi connectivity index (χ0) is 9.40. The van der Waals surface area contributed by atoms with Crippen molar-refractivity contribution in [2.75, 3.05) is 6.54 Å². The maximum atomic E-state index is 5.57. The Bertz CT molecular complexity index is 209. The van der Waals surface area contributed by atoms with Crippen molar-refractivity contribution in [1.82, 2.24) is 0 Å². The topological polar surface area (TPSA) is 26.0 Å². The minimum absolute atomic E-state index is 0.555. The molecule has 0 bridgehead atoms. The van der Waals surface area contributed by atoms with Gasteiger partial charge in [0.05, 0.1) is 0 Å². The minimum Gasteiger partial charge on any atom is -0.326 e. The number of allylic oxidation sites excluding steroid dienone is 4. The van der Waals surface area contributed by atoms with Crippen LogP contribution in [0.5, 0.6) is 0 Å². The lowest BCUT2D eigenvalue weighted by molar-refractivity contribution is 1.07. The fourth-order valence-electron chi connectivity index (χ4n) is 0.993. The summed E-state index contributed by atoms with van der Waals surface area (Å²) in [6, 6.07) is 0. The normalized spacial score (nSPS) is 12.8. The molecule has 12 heavy (non-hydrogen) atoms. The van der Waals surface area contributed by atoms with Crippen LogP contribution in [0.4, 0.5) is 0 Å². The minimum atomic E-state index is 0.555. The van der Waals surface area contributed by atoms with Crippen LogP contribution in [0.15, 0.2) is 48.6 Å². The number of rotatable bonds is 5. The van der Waals surface area contributed by atoms with Crippen LogP contribution in [-0.4, -0.2) is 6.54 Å². The van der Waals surface area contributed by atoms with Crippen LogP contribution in [0.1, 0.15) is 13.3 Å². The van der Waals surface area contributed by atoms with E-state index in [1.165, 1.54) is 5.57 Å². The van der Waals surface area contributed by atoms with Crippen molar-refractivity contribution in [1.29, 1.82) is 0 Å². The number of hydrogen-bond donors (Lipinski definition) is 1. The zero-order valence-corrected chi connectivity index (χ0v) is 7.72. The maximum absolute atomic E-state index is 5.57. The first-order valence-electron chi connectivity index (χ1n) is 4.13. The third-order valence-electron chi connectivity index (χ3n) is 1.69. The molecular formula is C11H17N. The summed E-state index contributed by atoms with van der Waals surface area (Å²) in [5.74, 6) is 0. The third-order valence-corrected chi connectivity index (χ3v) is 1.69. The van der Waals surface area contributed by atoms with Gasteiger partial charge in [-0.3, -0.25) is 0 Å². The summed E-state index contributed by atoms with van der Waals surface area (Å²) in [7, 11) is 0. The fraction of sp³-hybridized carbons (Fsp3) is 0.273. The van der Waals surface area contributed by atoms with Gasteiger partial charge in [-0.05, 0) is 17.6 Å². The van der Waals surface area contributed by atoms with Crippen molar-refractivity contribution in [2.45, 2.75) is 13.3 Å². The molecule has 0 saturated carbocycles. The van der Waals surface area contributed by atoms with Crippen molar-refractivity contribution in [3.8, 4) is 0 Å². The first-order valence-corrected chi connectivity index (χ1v) is 4.13. The van der Waals surface area contributed by atoms with Crippen LogP contribution in [0.2, 0.25) is 0 Å². The highest BCUT2D eigenvalue weighted by molar-refractivity contribution is 5.34. The van der Waals surface area contributed by atoms with Gasteiger partial charge in [0.25, 0.3) is 0 Å². The van der Waals surface area contributed by atoms with Gasteiger partial charge in [-0.1, -0.05) is 44.4 Å².